The predicted molar refractivity (Wildman–Crippen MR) is 246 cm³/mol. The molecule has 0 saturated carbocycles. The molecule has 0 aromatic heterocycles. The van der Waals surface area contributed by atoms with Crippen LogP contribution in [0.4, 0.5) is 28.4 Å². The summed E-state index contributed by atoms with van der Waals surface area (Å²) in [4.78, 5) is 4.84. The minimum absolute atomic E-state index is 0.272. The van der Waals surface area contributed by atoms with Crippen LogP contribution in [0.25, 0.3) is 54.9 Å². The van der Waals surface area contributed by atoms with E-state index < -0.39 is 0 Å². The summed E-state index contributed by atoms with van der Waals surface area (Å²) in [5.74, 6) is 0.359. The Morgan fingerprint density at radius 1 is 0.362 bits per heavy atom. The Hall–Kier alpha value is -7.42. The van der Waals surface area contributed by atoms with E-state index in [9.17, 15) is 0 Å². The Kier molecular flexibility index (Phi) is 8.33. The summed E-state index contributed by atoms with van der Waals surface area (Å²) in [6, 6.07) is 75.5. The van der Waals surface area contributed by atoms with Gasteiger partial charge in [-0.25, -0.2) is 0 Å². The molecule has 1 aliphatic heterocycles. The fourth-order valence-electron chi connectivity index (χ4n) is 9.37. The molecule has 2 nitrogen and oxygen atoms in total. The first-order valence-electron chi connectivity index (χ1n) is 20.2. The van der Waals surface area contributed by atoms with E-state index in [1.54, 1.807) is 0 Å². The summed E-state index contributed by atoms with van der Waals surface area (Å²) in [5.41, 5.74) is 14.6. The minimum Gasteiger partial charge on any atom is -0.333 e. The number of nitrogens with zero attached hydrogens (tertiary/aromatic N) is 2. The maximum absolute atomic E-state index is 2.49. The maximum Gasteiger partial charge on any atom is 0.0629 e. The number of rotatable bonds is 7. The Morgan fingerprint density at radius 3 is 1.53 bits per heavy atom. The lowest BCUT2D eigenvalue weighted by atomic mass is 9.85. The van der Waals surface area contributed by atoms with Gasteiger partial charge in [0.05, 0.1) is 6.04 Å². The Morgan fingerprint density at radius 2 is 0.862 bits per heavy atom. The molecule has 11 rings (SSSR count). The molecule has 9 aromatic rings. The fourth-order valence-corrected chi connectivity index (χ4v) is 9.37. The quantitative estimate of drug-likeness (QED) is 0.150. The van der Waals surface area contributed by atoms with E-state index in [1.807, 2.05) is 0 Å². The van der Waals surface area contributed by atoms with E-state index in [2.05, 4.69) is 240 Å². The van der Waals surface area contributed by atoms with Crippen LogP contribution in [0.3, 0.4) is 0 Å². The third kappa shape index (κ3) is 5.73. The number of fused-ring (bicyclic) bond motifs is 5. The number of anilines is 5. The summed E-state index contributed by atoms with van der Waals surface area (Å²) < 4.78 is 0. The predicted octanol–water partition coefficient (Wildman–Crippen LogP) is 15.2. The van der Waals surface area contributed by atoms with Crippen molar-refractivity contribution in [1.29, 1.82) is 0 Å². The SMILES string of the molecule is C1=CC2c3ccccc3N(c3ccc(N(c4ccccc4)c4ccc(-c5ccc6c(-c7ccccc7)c7ccccc7c(-c7ccccc7)c6c5)cc4)cc3)C2C=C1. The van der Waals surface area contributed by atoms with Gasteiger partial charge in [-0.05, 0) is 121 Å². The van der Waals surface area contributed by atoms with Crippen LogP contribution < -0.4 is 9.80 Å². The van der Waals surface area contributed by atoms with Crippen LogP contribution in [0.5, 0.6) is 0 Å². The zero-order chi connectivity index (χ0) is 38.4. The first-order valence-corrected chi connectivity index (χ1v) is 20.2. The van der Waals surface area contributed by atoms with Crippen molar-refractivity contribution >= 4 is 50.0 Å². The molecule has 0 fully saturated rings. The molecule has 0 bridgehead atoms. The molecule has 58 heavy (non-hydrogen) atoms. The van der Waals surface area contributed by atoms with E-state index in [0.717, 1.165) is 17.1 Å². The van der Waals surface area contributed by atoms with Gasteiger partial charge in [0.15, 0.2) is 0 Å². The van der Waals surface area contributed by atoms with Crippen molar-refractivity contribution in [1.82, 2.24) is 0 Å². The van der Waals surface area contributed by atoms with Crippen LogP contribution in [0.2, 0.25) is 0 Å². The second-order valence-corrected chi connectivity index (χ2v) is 15.2. The minimum atomic E-state index is 0.272. The molecule has 9 aromatic carbocycles. The van der Waals surface area contributed by atoms with Crippen molar-refractivity contribution < 1.29 is 0 Å². The van der Waals surface area contributed by atoms with Crippen LogP contribution in [-0.4, -0.2) is 6.04 Å². The zero-order valence-electron chi connectivity index (χ0n) is 32.0. The lowest BCUT2D eigenvalue weighted by molar-refractivity contribution is 0.745. The molecule has 0 spiro atoms. The number of allylic oxidation sites excluding steroid dienone is 2. The summed E-state index contributed by atoms with van der Waals surface area (Å²) in [6.45, 7) is 0. The fraction of sp³-hybridized carbons (Fsp3) is 0.0357. The second-order valence-electron chi connectivity index (χ2n) is 15.2. The van der Waals surface area contributed by atoms with Gasteiger partial charge in [0, 0.05) is 34.4 Å². The highest BCUT2D eigenvalue weighted by molar-refractivity contribution is 6.22. The normalized spacial score (nSPS) is 15.4. The number of para-hydroxylation sites is 2. The molecule has 1 heterocycles. The molecule has 0 radical (unpaired) electrons. The van der Waals surface area contributed by atoms with Crippen molar-refractivity contribution in [3.63, 3.8) is 0 Å². The first kappa shape index (κ1) is 33.9. The van der Waals surface area contributed by atoms with Crippen LogP contribution in [0.1, 0.15) is 11.5 Å². The summed E-state index contributed by atoms with van der Waals surface area (Å²) in [5, 5.41) is 5.04. The molecule has 274 valence electrons. The second kappa shape index (κ2) is 14.3. The summed E-state index contributed by atoms with van der Waals surface area (Å²) in [7, 11) is 0. The standard InChI is InChI=1S/C56H40N2/c1-4-16-40(17-5-1)55-49-24-10-11-25-50(49)56(41-18-6-2-7-19-41)52-38-42(30-37-51(52)55)39-28-31-44(32-29-39)57(43-20-8-3-9-21-43)45-33-35-46(36-34-45)58-53-26-14-12-22-47(53)48-23-13-15-27-54(48)58/h1-38,47,53H. The van der Waals surface area contributed by atoms with Gasteiger partial charge in [-0.1, -0.05) is 170 Å². The van der Waals surface area contributed by atoms with Gasteiger partial charge < -0.3 is 9.80 Å². The molecule has 0 saturated heterocycles. The molecular formula is C56H40N2. The van der Waals surface area contributed by atoms with E-state index >= 15 is 0 Å². The lowest BCUT2D eigenvalue weighted by Gasteiger charge is -2.30. The highest BCUT2D eigenvalue weighted by Gasteiger charge is 2.37. The summed E-state index contributed by atoms with van der Waals surface area (Å²) >= 11 is 0. The van der Waals surface area contributed by atoms with Crippen LogP contribution >= 0.6 is 0 Å². The molecular weight excluding hydrogens is 701 g/mol. The Bertz CT molecular complexity index is 2980. The molecule has 0 N–H and O–H groups in total. The van der Waals surface area contributed by atoms with Crippen molar-refractivity contribution in [2.75, 3.05) is 9.80 Å². The number of hydrogen-bond donors (Lipinski definition) is 0. The van der Waals surface area contributed by atoms with E-state index in [0.29, 0.717) is 5.92 Å². The zero-order valence-corrected chi connectivity index (χ0v) is 32.0. The maximum atomic E-state index is 2.49. The third-order valence-corrected chi connectivity index (χ3v) is 12.0. The highest BCUT2D eigenvalue weighted by atomic mass is 15.2. The number of benzene rings is 9. The van der Waals surface area contributed by atoms with E-state index in [1.165, 1.54) is 71.9 Å². The molecule has 2 aliphatic rings. The molecule has 2 unspecified atom stereocenters. The van der Waals surface area contributed by atoms with Crippen molar-refractivity contribution in [2.24, 2.45) is 0 Å². The van der Waals surface area contributed by atoms with Crippen LogP contribution in [-0.2, 0) is 0 Å². The van der Waals surface area contributed by atoms with Gasteiger partial charge in [0.2, 0.25) is 0 Å². The topological polar surface area (TPSA) is 6.48 Å². The van der Waals surface area contributed by atoms with E-state index in [-0.39, 0.29) is 6.04 Å². The molecule has 1 aliphatic carbocycles. The van der Waals surface area contributed by atoms with Gasteiger partial charge in [0.1, 0.15) is 0 Å². The largest absolute Gasteiger partial charge is 0.333 e. The van der Waals surface area contributed by atoms with Gasteiger partial charge >= 0.3 is 0 Å². The summed E-state index contributed by atoms with van der Waals surface area (Å²) in [6.07, 6.45) is 9.03. The van der Waals surface area contributed by atoms with Crippen molar-refractivity contribution in [2.45, 2.75) is 12.0 Å². The van der Waals surface area contributed by atoms with Gasteiger partial charge in [0.25, 0.3) is 0 Å². The average molecular weight is 741 g/mol. The van der Waals surface area contributed by atoms with Crippen LogP contribution in [0.15, 0.2) is 231 Å². The average Bonchev–Trinajstić information content (AvgIpc) is 3.64. The van der Waals surface area contributed by atoms with Crippen molar-refractivity contribution in [3.05, 3.63) is 236 Å². The van der Waals surface area contributed by atoms with Crippen molar-refractivity contribution in [3.8, 4) is 33.4 Å². The Labute approximate surface area is 339 Å². The van der Waals surface area contributed by atoms with Gasteiger partial charge in [-0.15, -0.1) is 0 Å². The molecule has 2 atom stereocenters. The lowest BCUT2D eigenvalue weighted by Crippen LogP contribution is -2.28. The van der Waals surface area contributed by atoms with Gasteiger partial charge in [-0.3, -0.25) is 0 Å². The van der Waals surface area contributed by atoms with Gasteiger partial charge in [-0.2, -0.15) is 0 Å². The molecule has 0 amide bonds. The molecule has 2 heteroatoms. The monoisotopic (exact) mass is 740 g/mol. The van der Waals surface area contributed by atoms with E-state index in [4.69, 9.17) is 0 Å². The van der Waals surface area contributed by atoms with Crippen LogP contribution in [0, 0.1) is 0 Å². The number of hydrogen-bond acceptors (Lipinski definition) is 2. The smallest absolute Gasteiger partial charge is 0.0629 e. The third-order valence-electron chi connectivity index (χ3n) is 12.0. The first-order chi connectivity index (χ1) is 28.8. The highest BCUT2D eigenvalue weighted by Crippen LogP contribution is 2.49. The Balaban J connectivity index is 0.996.